The Morgan fingerprint density at radius 1 is 1.22 bits per heavy atom. The van der Waals surface area contributed by atoms with Crippen molar-refractivity contribution in [3.05, 3.63) is 11.6 Å². The van der Waals surface area contributed by atoms with E-state index in [1.807, 2.05) is 4.68 Å². The van der Waals surface area contributed by atoms with Crippen molar-refractivity contribution in [2.24, 2.45) is 5.73 Å². The first-order valence-corrected chi connectivity index (χ1v) is 8.25. The van der Waals surface area contributed by atoms with Crippen molar-refractivity contribution < 1.29 is 8.42 Å². The van der Waals surface area contributed by atoms with Crippen molar-refractivity contribution in [1.82, 2.24) is 14.8 Å². The quantitative estimate of drug-likeness (QED) is 0.766. The predicted molar refractivity (Wildman–Crippen MR) is 66.9 cm³/mol. The van der Waals surface area contributed by atoms with Gasteiger partial charge in [0.25, 0.3) is 0 Å². The highest BCUT2D eigenvalue weighted by atomic mass is 32.2. The van der Waals surface area contributed by atoms with E-state index in [9.17, 15) is 8.42 Å². The highest BCUT2D eigenvalue weighted by Crippen LogP contribution is 2.27. The fourth-order valence-corrected chi connectivity index (χ4v) is 4.17. The number of sulfone groups is 1. The van der Waals surface area contributed by atoms with Crippen molar-refractivity contribution in [1.29, 1.82) is 0 Å². The van der Waals surface area contributed by atoms with E-state index in [1.54, 1.807) is 0 Å². The van der Waals surface area contributed by atoms with Crippen LogP contribution in [0.15, 0.2) is 0 Å². The molecule has 100 valence electrons. The fourth-order valence-electron chi connectivity index (χ4n) is 2.67. The summed E-state index contributed by atoms with van der Waals surface area (Å²) in [5.41, 5.74) is 5.90. The number of hydrogen-bond donors (Lipinski definition) is 1. The van der Waals surface area contributed by atoms with Gasteiger partial charge < -0.3 is 5.73 Å². The van der Waals surface area contributed by atoms with Gasteiger partial charge in [0.2, 0.25) is 0 Å². The van der Waals surface area contributed by atoms with Gasteiger partial charge in [0.15, 0.2) is 5.82 Å². The van der Waals surface area contributed by atoms with Crippen LogP contribution in [0.25, 0.3) is 0 Å². The average Bonchev–Trinajstić information content (AvgIpc) is 2.71. The monoisotopic (exact) mass is 270 g/mol. The molecule has 0 bridgehead atoms. The van der Waals surface area contributed by atoms with Crippen molar-refractivity contribution >= 4 is 9.84 Å². The molecule has 1 fully saturated rings. The number of hydrogen-bond acceptors (Lipinski definition) is 5. The van der Waals surface area contributed by atoms with E-state index in [0.29, 0.717) is 12.8 Å². The zero-order valence-electron chi connectivity index (χ0n) is 10.2. The summed E-state index contributed by atoms with van der Waals surface area (Å²) >= 11 is 0. The molecule has 0 spiro atoms. The van der Waals surface area contributed by atoms with Gasteiger partial charge in [0.1, 0.15) is 15.7 Å². The molecule has 0 aromatic carbocycles. The summed E-state index contributed by atoms with van der Waals surface area (Å²) in [7, 11) is -2.82. The zero-order chi connectivity index (χ0) is 12.8. The van der Waals surface area contributed by atoms with Crippen LogP contribution in [-0.4, -0.2) is 40.7 Å². The van der Waals surface area contributed by atoms with Crippen molar-refractivity contribution in [2.75, 3.05) is 11.5 Å². The summed E-state index contributed by atoms with van der Waals surface area (Å²) in [5, 5.41) is 4.50. The van der Waals surface area contributed by atoms with E-state index in [0.717, 1.165) is 31.0 Å². The van der Waals surface area contributed by atoms with Gasteiger partial charge in [0, 0.05) is 18.4 Å². The molecule has 2 N–H and O–H groups in total. The van der Waals surface area contributed by atoms with Crippen LogP contribution in [0.2, 0.25) is 0 Å². The first-order chi connectivity index (χ1) is 8.53. The third kappa shape index (κ3) is 2.29. The first kappa shape index (κ1) is 12.1. The Kier molecular flexibility index (Phi) is 2.90. The molecule has 2 aliphatic heterocycles. The summed E-state index contributed by atoms with van der Waals surface area (Å²) in [5.74, 6) is 2.54. The van der Waals surface area contributed by atoms with Crippen LogP contribution in [0.4, 0.5) is 0 Å². The lowest BCUT2D eigenvalue weighted by Crippen LogP contribution is -2.32. The fraction of sp³-hybridized carbons (Fsp3) is 0.818. The molecule has 3 rings (SSSR count). The van der Waals surface area contributed by atoms with Crippen molar-refractivity contribution in [3.63, 3.8) is 0 Å². The number of rotatable bonds is 1. The average molecular weight is 270 g/mol. The molecular weight excluding hydrogens is 252 g/mol. The number of fused-ring (bicyclic) bond motifs is 1. The van der Waals surface area contributed by atoms with E-state index >= 15 is 0 Å². The predicted octanol–water partition coefficient (Wildman–Crippen LogP) is -0.156. The SMILES string of the molecule is NC1CCc2nc(C3CCS(=O)(=O)CC3)nn2C1. The molecule has 3 heterocycles. The molecule has 1 aromatic rings. The van der Waals surface area contributed by atoms with Crippen LogP contribution < -0.4 is 5.73 Å². The summed E-state index contributed by atoms with van der Waals surface area (Å²) < 4.78 is 24.7. The van der Waals surface area contributed by atoms with E-state index in [1.165, 1.54) is 0 Å². The molecular formula is C11H18N4O2S. The van der Waals surface area contributed by atoms with Gasteiger partial charge in [-0.3, -0.25) is 0 Å². The number of nitrogens with zero attached hydrogens (tertiary/aromatic N) is 3. The summed E-state index contributed by atoms with van der Waals surface area (Å²) in [6.07, 6.45) is 3.13. The lowest BCUT2D eigenvalue weighted by Gasteiger charge is -2.19. The second-order valence-corrected chi connectivity index (χ2v) is 7.60. The maximum atomic E-state index is 11.4. The first-order valence-electron chi connectivity index (χ1n) is 6.43. The van der Waals surface area contributed by atoms with Crippen molar-refractivity contribution in [2.45, 2.75) is 44.2 Å². The molecule has 6 nitrogen and oxygen atoms in total. The normalized spacial score (nSPS) is 27.9. The molecule has 0 saturated carbocycles. The molecule has 0 amide bonds. The zero-order valence-corrected chi connectivity index (χ0v) is 11.1. The van der Waals surface area contributed by atoms with Gasteiger partial charge >= 0.3 is 0 Å². The minimum absolute atomic E-state index is 0.166. The van der Waals surface area contributed by atoms with Gasteiger partial charge in [-0.1, -0.05) is 0 Å². The second kappa shape index (κ2) is 4.31. The Labute approximate surface area is 106 Å². The molecule has 1 atom stereocenters. The molecule has 1 unspecified atom stereocenters. The van der Waals surface area contributed by atoms with Gasteiger partial charge in [-0.2, -0.15) is 5.10 Å². The summed E-state index contributed by atoms with van der Waals surface area (Å²) in [6, 6.07) is 0.166. The third-order valence-electron chi connectivity index (χ3n) is 3.83. The third-order valence-corrected chi connectivity index (χ3v) is 5.55. The largest absolute Gasteiger partial charge is 0.326 e. The maximum Gasteiger partial charge on any atom is 0.154 e. The molecule has 2 aliphatic rings. The van der Waals surface area contributed by atoms with Crippen LogP contribution in [0.3, 0.4) is 0 Å². The maximum absolute atomic E-state index is 11.4. The van der Waals surface area contributed by atoms with E-state index in [-0.39, 0.29) is 23.5 Å². The Balaban J connectivity index is 1.78. The van der Waals surface area contributed by atoms with E-state index < -0.39 is 9.84 Å². The molecule has 1 aromatic heterocycles. The van der Waals surface area contributed by atoms with Gasteiger partial charge in [0.05, 0.1) is 18.1 Å². The van der Waals surface area contributed by atoms with Crippen molar-refractivity contribution in [3.8, 4) is 0 Å². The number of aromatic nitrogens is 3. The highest BCUT2D eigenvalue weighted by Gasteiger charge is 2.29. The Hall–Kier alpha value is -0.950. The summed E-state index contributed by atoms with van der Waals surface area (Å²) in [4.78, 5) is 4.56. The van der Waals surface area contributed by atoms with Gasteiger partial charge in [-0.15, -0.1) is 0 Å². The standard InChI is InChI=1S/C11H18N4O2S/c12-9-1-2-10-13-11(14-15(10)7-9)8-3-5-18(16,17)6-4-8/h8-9H,1-7,12H2. The topological polar surface area (TPSA) is 90.9 Å². The Morgan fingerprint density at radius 2 is 1.94 bits per heavy atom. The van der Waals surface area contributed by atoms with Crippen LogP contribution in [0.1, 0.15) is 36.8 Å². The lowest BCUT2D eigenvalue weighted by atomic mass is 10.0. The molecule has 18 heavy (non-hydrogen) atoms. The van der Waals surface area contributed by atoms with Crippen LogP contribution in [-0.2, 0) is 22.8 Å². The van der Waals surface area contributed by atoms with E-state index in [2.05, 4.69) is 10.1 Å². The molecule has 0 aliphatic carbocycles. The second-order valence-electron chi connectivity index (χ2n) is 5.29. The lowest BCUT2D eigenvalue weighted by molar-refractivity contribution is 0.419. The number of nitrogens with two attached hydrogens (primary N) is 1. The Bertz CT molecular complexity index is 537. The number of aryl methyl sites for hydroxylation is 1. The summed E-state index contributed by atoms with van der Waals surface area (Å²) in [6.45, 7) is 0.730. The van der Waals surface area contributed by atoms with Crippen LogP contribution in [0.5, 0.6) is 0 Å². The highest BCUT2D eigenvalue weighted by molar-refractivity contribution is 7.91. The van der Waals surface area contributed by atoms with Gasteiger partial charge in [-0.25, -0.2) is 18.1 Å². The molecule has 0 radical (unpaired) electrons. The van der Waals surface area contributed by atoms with Crippen LogP contribution in [0, 0.1) is 0 Å². The smallest absolute Gasteiger partial charge is 0.154 e. The molecule has 7 heteroatoms. The van der Waals surface area contributed by atoms with Gasteiger partial charge in [-0.05, 0) is 19.3 Å². The molecule has 1 saturated heterocycles. The Morgan fingerprint density at radius 3 is 2.67 bits per heavy atom. The minimum atomic E-state index is -2.82. The van der Waals surface area contributed by atoms with E-state index in [4.69, 9.17) is 5.73 Å². The van der Waals surface area contributed by atoms with Crippen LogP contribution >= 0.6 is 0 Å². The minimum Gasteiger partial charge on any atom is -0.326 e.